The van der Waals surface area contributed by atoms with E-state index in [-0.39, 0.29) is 23.4 Å². The van der Waals surface area contributed by atoms with Crippen LogP contribution in [0.25, 0.3) is 22.5 Å². The molecule has 5 N–H and O–H groups in total. The Morgan fingerprint density at radius 3 is 2.88 bits per heavy atom. The zero-order valence-electron chi connectivity index (χ0n) is 13.7. The normalized spacial score (nSPS) is 12.1. The molecule has 8 heteroatoms. The molecule has 0 aliphatic heterocycles. The molecule has 7 nitrogen and oxygen atoms in total. The average Bonchev–Trinajstić information content (AvgIpc) is 3.16. The highest BCUT2D eigenvalue weighted by Crippen LogP contribution is 2.32. The van der Waals surface area contributed by atoms with Crippen LogP contribution in [0.2, 0.25) is 0 Å². The van der Waals surface area contributed by atoms with E-state index in [2.05, 4.69) is 25.5 Å². The van der Waals surface area contributed by atoms with Crippen LogP contribution in [0.3, 0.4) is 0 Å². The fourth-order valence-corrected chi connectivity index (χ4v) is 2.30. The number of hydrogen-bond donors (Lipinski definition) is 4. The van der Waals surface area contributed by atoms with Crippen LogP contribution in [0.4, 0.5) is 10.2 Å². The number of anilines is 1. The van der Waals surface area contributed by atoms with Gasteiger partial charge in [0.05, 0.1) is 18.0 Å². The minimum absolute atomic E-state index is 0.00932. The Morgan fingerprint density at radius 2 is 2.16 bits per heavy atom. The number of halogens is 1. The Balaban J connectivity index is 1.95. The number of aromatic nitrogens is 4. The maximum absolute atomic E-state index is 13.9. The Kier molecular flexibility index (Phi) is 4.90. The number of hydrogen-bond acceptors (Lipinski definition) is 6. The highest BCUT2D eigenvalue weighted by atomic mass is 19.1. The van der Waals surface area contributed by atoms with Crippen molar-refractivity contribution in [3.8, 4) is 28.3 Å². The van der Waals surface area contributed by atoms with Crippen LogP contribution in [-0.2, 0) is 0 Å². The van der Waals surface area contributed by atoms with Gasteiger partial charge in [-0.15, -0.1) is 0 Å². The molecule has 130 valence electrons. The van der Waals surface area contributed by atoms with Crippen molar-refractivity contribution in [3.05, 3.63) is 42.6 Å². The summed E-state index contributed by atoms with van der Waals surface area (Å²) in [5.74, 6) is -0.286. The topological polar surface area (TPSA) is 113 Å². The Labute approximate surface area is 144 Å². The average molecular weight is 342 g/mol. The lowest BCUT2D eigenvalue weighted by molar-refractivity contribution is 0.477. The van der Waals surface area contributed by atoms with E-state index in [0.717, 1.165) is 23.7 Å². The second-order valence-electron chi connectivity index (χ2n) is 5.66. The maximum Gasteiger partial charge on any atom is 0.183 e. The SMILES string of the molecule is CC[C@@H](N)CNc1nc(-c2cc(-c3cn[nH]c3)ccc2O)ncc1F. The van der Waals surface area contributed by atoms with Crippen molar-refractivity contribution < 1.29 is 9.50 Å². The van der Waals surface area contributed by atoms with Gasteiger partial charge in [-0.1, -0.05) is 13.0 Å². The molecule has 2 aromatic heterocycles. The van der Waals surface area contributed by atoms with E-state index in [1.54, 1.807) is 30.6 Å². The van der Waals surface area contributed by atoms with E-state index >= 15 is 0 Å². The number of nitrogens with zero attached hydrogens (tertiary/aromatic N) is 3. The van der Waals surface area contributed by atoms with Crippen molar-refractivity contribution >= 4 is 5.82 Å². The number of aromatic hydroxyl groups is 1. The summed E-state index contributed by atoms with van der Waals surface area (Å²) in [5, 5.41) is 19.7. The van der Waals surface area contributed by atoms with Crippen molar-refractivity contribution in [2.75, 3.05) is 11.9 Å². The van der Waals surface area contributed by atoms with Crippen LogP contribution < -0.4 is 11.1 Å². The van der Waals surface area contributed by atoms with Gasteiger partial charge >= 0.3 is 0 Å². The summed E-state index contributed by atoms with van der Waals surface area (Å²) in [7, 11) is 0. The van der Waals surface area contributed by atoms with Gasteiger partial charge in [0.25, 0.3) is 0 Å². The molecule has 0 bridgehead atoms. The molecule has 3 rings (SSSR count). The smallest absolute Gasteiger partial charge is 0.183 e. The van der Waals surface area contributed by atoms with E-state index in [0.29, 0.717) is 12.1 Å². The Hall–Kier alpha value is -3.00. The number of nitrogens with one attached hydrogen (secondary N) is 2. The van der Waals surface area contributed by atoms with E-state index in [1.165, 1.54) is 0 Å². The first-order chi connectivity index (χ1) is 12.1. The molecule has 3 aromatic rings. The van der Waals surface area contributed by atoms with Crippen LogP contribution in [0.1, 0.15) is 13.3 Å². The monoisotopic (exact) mass is 342 g/mol. The number of phenols is 1. The maximum atomic E-state index is 13.9. The third-order valence-electron chi connectivity index (χ3n) is 3.87. The second-order valence-corrected chi connectivity index (χ2v) is 5.66. The Morgan fingerprint density at radius 1 is 1.32 bits per heavy atom. The molecular formula is C17H19FN6O. The molecule has 0 aliphatic carbocycles. The van der Waals surface area contributed by atoms with Gasteiger partial charge in [0.2, 0.25) is 0 Å². The molecule has 0 fully saturated rings. The van der Waals surface area contributed by atoms with Crippen molar-refractivity contribution in [2.45, 2.75) is 19.4 Å². The predicted molar refractivity (Wildman–Crippen MR) is 93.4 cm³/mol. The van der Waals surface area contributed by atoms with E-state index < -0.39 is 5.82 Å². The van der Waals surface area contributed by atoms with Gasteiger partial charge in [0, 0.05) is 24.3 Å². The molecule has 0 amide bonds. The number of nitrogens with two attached hydrogens (primary N) is 1. The van der Waals surface area contributed by atoms with Gasteiger partial charge in [-0.3, -0.25) is 5.10 Å². The minimum atomic E-state index is -0.572. The number of phenolic OH excluding ortho intramolecular Hbond substituents is 1. The molecule has 1 aromatic carbocycles. The largest absolute Gasteiger partial charge is 0.507 e. The summed E-state index contributed by atoms with van der Waals surface area (Å²) >= 11 is 0. The number of H-pyrrole nitrogens is 1. The molecule has 0 saturated carbocycles. The fraction of sp³-hybridized carbons (Fsp3) is 0.235. The molecule has 0 radical (unpaired) electrons. The third-order valence-corrected chi connectivity index (χ3v) is 3.87. The quantitative estimate of drug-likeness (QED) is 0.547. The molecular weight excluding hydrogens is 323 g/mol. The van der Waals surface area contributed by atoms with Crippen molar-refractivity contribution in [1.82, 2.24) is 20.2 Å². The lowest BCUT2D eigenvalue weighted by atomic mass is 10.0. The van der Waals surface area contributed by atoms with Crippen molar-refractivity contribution in [2.24, 2.45) is 5.73 Å². The molecule has 2 heterocycles. The second kappa shape index (κ2) is 7.27. The first kappa shape index (κ1) is 16.8. The zero-order chi connectivity index (χ0) is 17.8. The number of rotatable bonds is 6. The van der Waals surface area contributed by atoms with Gasteiger partial charge < -0.3 is 16.2 Å². The number of aromatic amines is 1. The van der Waals surface area contributed by atoms with Crippen LogP contribution in [0.15, 0.2) is 36.8 Å². The zero-order valence-corrected chi connectivity index (χ0v) is 13.7. The van der Waals surface area contributed by atoms with Gasteiger partial charge in [-0.2, -0.15) is 5.10 Å². The van der Waals surface area contributed by atoms with Crippen LogP contribution in [-0.4, -0.2) is 37.9 Å². The summed E-state index contributed by atoms with van der Waals surface area (Å²) in [6.45, 7) is 2.35. The van der Waals surface area contributed by atoms with Gasteiger partial charge in [0.15, 0.2) is 17.5 Å². The molecule has 0 aliphatic rings. The summed E-state index contributed by atoms with van der Waals surface area (Å²) in [6.07, 6.45) is 5.24. The molecule has 25 heavy (non-hydrogen) atoms. The predicted octanol–water partition coefficient (Wildman–Crippen LogP) is 2.53. The van der Waals surface area contributed by atoms with E-state index in [1.807, 2.05) is 6.92 Å². The highest BCUT2D eigenvalue weighted by Gasteiger charge is 2.14. The van der Waals surface area contributed by atoms with E-state index in [9.17, 15) is 9.50 Å². The fourth-order valence-electron chi connectivity index (χ4n) is 2.30. The van der Waals surface area contributed by atoms with Crippen LogP contribution in [0, 0.1) is 5.82 Å². The van der Waals surface area contributed by atoms with E-state index in [4.69, 9.17) is 5.73 Å². The van der Waals surface area contributed by atoms with Crippen LogP contribution >= 0.6 is 0 Å². The lowest BCUT2D eigenvalue weighted by Gasteiger charge is -2.12. The number of benzene rings is 1. The Bertz CT molecular complexity index is 852. The van der Waals surface area contributed by atoms with Gasteiger partial charge in [-0.05, 0) is 24.1 Å². The first-order valence-corrected chi connectivity index (χ1v) is 7.93. The van der Waals surface area contributed by atoms with Crippen LogP contribution in [0.5, 0.6) is 5.75 Å². The minimum Gasteiger partial charge on any atom is -0.507 e. The summed E-state index contributed by atoms with van der Waals surface area (Å²) < 4.78 is 13.9. The van der Waals surface area contributed by atoms with Crippen molar-refractivity contribution in [1.29, 1.82) is 0 Å². The summed E-state index contributed by atoms with van der Waals surface area (Å²) in [4.78, 5) is 8.19. The van der Waals surface area contributed by atoms with Gasteiger partial charge in [-0.25, -0.2) is 14.4 Å². The standard InChI is InChI=1S/C17H19FN6O/c1-2-12(19)8-20-17-14(18)9-21-16(24-17)13-5-10(3-4-15(13)25)11-6-22-23-7-11/h3-7,9,12,25H,2,8,19H2,1H3,(H,22,23)(H,20,21,24)/t12-/m1/s1. The molecule has 0 spiro atoms. The third kappa shape index (κ3) is 3.74. The molecule has 0 unspecified atom stereocenters. The molecule has 1 atom stereocenters. The first-order valence-electron chi connectivity index (χ1n) is 7.93. The van der Waals surface area contributed by atoms with Gasteiger partial charge in [0.1, 0.15) is 5.75 Å². The van der Waals surface area contributed by atoms with Crippen molar-refractivity contribution in [3.63, 3.8) is 0 Å². The lowest BCUT2D eigenvalue weighted by Crippen LogP contribution is -2.28. The molecule has 0 saturated heterocycles. The highest BCUT2D eigenvalue weighted by molar-refractivity contribution is 5.74. The summed E-state index contributed by atoms with van der Waals surface area (Å²) in [6, 6.07) is 4.93. The summed E-state index contributed by atoms with van der Waals surface area (Å²) in [5.41, 5.74) is 7.93.